The maximum absolute atomic E-state index is 11.5. The first-order valence-electron chi connectivity index (χ1n) is 4.45. The van der Waals surface area contributed by atoms with Crippen molar-refractivity contribution in [3.63, 3.8) is 0 Å². The van der Waals surface area contributed by atoms with E-state index < -0.39 is 0 Å². The summed E-state index contributed by atoms with van der Waals surface area (Å²) >= 11 is 0. The molecule has 0 aliphatic heterocycles. The van der Waals surface area contributed by atoms with Crippen molar-refractivity contribution in [2.45, 2.75) is 13.8 Å². The first-order chi connectivity index (χ1) is 6.59. The van der Waals surface area contributed by atoms with Crippen molar-refractivity contribution in [3.05, 3.63) is 41.7 Å². The van der Waals surface area contributed by atoms with Gasteiger partial charge in [0.05, 0.1) is 5.56 Å². The van der Waals surface area contributed by atoms with Crippen LogP contribution >= 0.6 is 0 Å². The van der Waals surface area contributed by atoms with Crippen molar-refractivity contribution >= 4 is 5.91 Å². The van der Waals surface area contributed by atoms with Gasteiger partial charge >= 0.3 is 0 Å². The number of hydrogen-bond acceptors (Lipinski definition) is 2. The van der Waals surface area contributed by atoms with Gasteiger partial charge in [-0.15, -0.1) is 0 Å². The van der Waals surface area contributed by atoms with E-state index in [1.54, 1.807) is 12.3 Å². The van der Waals surface area contributed by atoms with Gasteiger partial charge in [0.15, 0.2) is 0 Å². The third kappa shape index (κ3) is 3.01. The number of nitrogens with zero attached hydrogens (tertiary/aromatic N) is 1. The van der Waals surface area contributed by atoms with E-state index in [1.165, 1.54) is 0 Å². The second-order valence-electron chi connectivity index (χ2n) is 3.33. The van der Waals surface area contributed by atoms with Gasteiger partial charge in [-0.2, -0.15) is 0 Å². The molecule has 0 atom stereocenters. The average Bonchev–Trinajstić information content (AvgIpc) is 2.15. The number of aryl methyl sites for hydroxylation is 1. The highest BCUT2D eigenvalue weighted by atomic mass is 16.1. The van der Waals surface area contributed by atoms with E-state index >= 15 is 0 Å². The van der Waals surface area contributed by atoms with Gasteiger partial charge < -0.3 is 5.32 Å². The maximum Gasteiger partial charge on any atom is 0.253 e. The van der Waals surface area contributed by atoms with Crippen molar-refractivity contribution in [1.82, 2.24) is 10.3 Å². The Morgan fingerprint density at radius 1 is 1.57 bits per heavy atom. The minimum Gasteiger partial charge on any atom is -0.348 e. The molecule has 0 saturated heterocycles. The molecule has 3 heteroatoms. The molecular weight excluding hydrogens is 176 g/mol. The first kappa shape index (κ1) is 10.4. The lowest BCUT2D eigenvalue weighted by Crippen LogP contribution is -2.24. The molecule has 0 aromatic carbocycles. The molecule has 14 heavy (non-hydrogen) atoms. The van der Waals surface area contributed by atoms with Gasteiger partial charge in [-0.25, -0.2) is 0 Å². The molecule has 1 N–H and O–H groups in total. The SMILES string of the molecule is C=C(C)CNC(=O)c1ccc(C)nc1. The van der Waals surface area contributed by atoms with Crippen molar-refractivity contribution in [2.75, 3.05) is 6.54 Å². The van der Waals surface area contributed by atoms with Gasteiger partial charge in [0.1, 0.15) is 0 Å². The Kier molecular flexibility index (Phi) is 3.40. The lowest BCUT2D eigenvalue weighted by atomic mass is 10.2. The van der Waals surface area contributed by atoms with Crippen molar-refractivity contribution < 1.29 is 4.79 Å². The normalized spacial score (nSPS) is 9.57. The Balaban J connectivity index is 2.61. The Morgan fingerprint density at radius 2 is 2.29 bits per heavy atom. The summed E-state index contributed by atoms with van der Waals surface area (Å²) in [7, 11) is 0. The Bertz CT molecular complexity index is 341. The Hall–Kier alpha value is -1.64. The number of carbonyl (C=O) groups is 1. The number of carbonyl (C=O) groups excluding carboxylic acids is 1. The quantitative estimate of drug-likeness (QED) is 0.737. The van der Waals surface area contributed by atoms with E-state index in [-0.39, 0.29) is 5.91 Å². The summed E-state index contributed by atoms with van der Waals surface area (Å²) < 4.78 is 0. The van der Waals surface area contributed by atoms with Crippen LogP contribution < -0.4 is 5.32 Å². The van der Waals surface area contributed by atoms with E-state index in [0.29, 0.717) is 12.1 Å². The van der Waals surface area contributed by atoms with Crippen LogP contribution in [-0.2, 0) is 0 Å². The molecule has 3 nitrogen and oxygen atoms in total. The predicted molar refractivity (Wildman–Crippen MR) is 56.1 cm³/mol. The summed E-state index contributed by atoms with van der Waals surface area (Å²) in [5.74, 6) is -0.111. The van der Waals surface area contributed by atoms with Crippen molar-refractivity contribution in [1.29, 1.82) is 0 Å². The zero-order valence-electron chi connectivity index (χ0n) is 8.50. The molecule has 0 spiro atoms. The zero-order chi connectivity index (χ0) is 10.6. The van der Waals surface area contributed by atoms with E-state index in [9.17, 15) is 4.79 Å². The number of rotatable bonds is 3. The topological polar surface area (TPSA) is 42.0 Å². The number of amides is 1. The largest absolute Gasteiger partial charge is 0.348 e. The molecule has 1 aromatic rings. The first-order valence-corrected chi connectivity index (χ1v) is 4.45. The summed E-state index contributed by atoms with van der Waals surface area (Å²) in [6, 6.07) is 3.58. The fourth-order valence-corrected chi connectivity index (χ4v) is 0.935. The lowest BCUT2D eigenvalue weighted by Gasteiger charge is -2.04. The third-order valence-corrected chi connectivity index (χ3v) is 1.72. The monoisotopic (exact) mass is 190 g/mol. The summed E-state index contributed by atoms with van der Waals surface area (Å²) in [6.07, 6.45) is 1.57. The fourth-order valence-electron chi connectivity index (χ4n) is 0.935. The zero-order valence-corrected chi connectivity index (χ0v) is 8.50. The Morgan fingerprint density at radius 3 is 2.79 bits per heavy atom. The molecule has 0 fully saturated rings. The number of pyridine rings is 1. The molecule has 1 rings (SSSR count). The van der Waals surface area contributed by atoms with Gasteiger partial charge in [0, 0.05) is 18.4 Å². The van der Waals surface area contributed by atoms with Crippen LogP contribution in [0.4, 0.5) is 0 Å². The fraction of sp³-hybridized carbons (Fsp3) is 0.273. The van der Waals surface area contributed by atoms with Crippen molar-refractivity contribution in [3.8, 4) is 0 Å². The van der Waals surface area contributed by atoms with Crippen LogP contribution in [0.2, 0.25) is 0 Å². The molecule has 1 aromatic heterocycles. The minimum atomic E-state index is -0.111. The second-order valence-corrected chi connectivity index (χ2v) is 3.33. The maximum atomic E-state index is 11.5. The molecule has 0 radical (unpaired) electrons. The Labute approximate surface area is 83.9 Å². The third-order valence-electron chi connectivity index (χ3n) is 1.72. The van der Waals surface area contributed by atoms with Gasteiger partial charge in [-0.05, 0) is 26.0 Å². The molecule has 0 bridgehead atoms. The highest BCUT2D eigenvalue weighted by Crippen LogP contribution is 1.99. The summed E-state index contributed by atoms with van der Waals surface area (Å²) in [5, 5.41) is 2.74. The molecule has 0 unspecified atom stereocenters. The number of hydrogen-bond donors (Lipinski definition) is 1. The minimum absolute atomic E-state index is 0.111. The highest BCUT2D eigenvalue weighted by Gasteiger charge is 2.03. The predicted octanol–water partition coefficient (Wildman–Crippen LogP) is 1.70. The van der Waals surface area contributed by atoms with E-state index in [1.807, 2.05) is 19.9 Å². The smallest absolute Gasteiger partial charge is 0.253 e. The highest BCUT2D eigenvalue weighted by molar-refractivity contribution is 5.93. The van der Waals surface area contributed by atoms with Crippen LogP contribution in [0.3, 0.4) is 0 Å². The van der Waals surface area contributed by atoms with Crippen molar-refractivity contribution in [2.24, 2.45) is 0 Å². The van der Waals surface area contributed by atoms with Crippen LogP contribution in [0.1, 0.15) is 23.0 Å². The summed E-state index contributed by atoms with van der Waals surface area (Å²) in [5.41, 5.74) is 2.41. The van der Waals surface area contributed by atoms with Crippen LogP contribution in [0.5, 0.6) is 0 Å². The molecule has 0 aliphatic rings. The van der Waals surface area contributed by atoms with Crippen LogP contribution in [0.15, 0.2) is 30.5 Å². The molecular formula is C11H14N2O. The molecule has 0 aliphatic carbocycles. The van der Waals surface area contributed by atoms with Gasteiger partial charge in [0.2, 0.25) is 0 Å². The molecule has 0 saturated carbocycles. The van der Waals surface area contributed by atoms with Gasteiger partial charge in [-0.1, -0.05) is 12.2 Å². The van der Waals surface area contributed by atoms with E-state index in [4.69, 9.17) is 0 Å². The molecule has 1 heterocycles. The number of aromatic nitrogens is 1. The molecule has 74 valence electrons. The van der Waals surface area contributed by atoms with E-state index in [0.717, 1.165) is 11.3 Å². The van der Waals surface area contributed by atoms with Gasteiger partial charge in [-0.3, -0.25) is 9.78 Å². The molecule has 1 amide bonds. The van der Waals surface area contributed by atoms with Crippen LogP contribution in [0.25, 0.3) is 0 Å². The van der Waals surface area contributed by atoms with Crippen LogP contribution in [0, 0.1) is 6.92 Å². The second kappa shape index (κ2) is 4.56. The lowest BCUT2D eigenvalue weighted by molar-refractivity contribution is 0.0956. The average molecular weight is 190 g/mol. The van der Waals surface area contributed by atoms with Crippen LogP contribution in [-0.4, -0.2) is 17.4 Å². The number of nitrogens with one attached hydrogen (secondary N) is 1. The standard InChI is InChI=1S/C11H14N2O/c1-8(2)6-13-11(14)10-5-4-9(3)12-7-10/h4-5,7H,1,6H2,2-3H3,(H,13,14). The summed E-state index contributed by atoms with van der Waals surface area (Å²) in [6.45, 7) is 7.96. The van der Waals surface area contributed by atoms with Gasteiger partial charge in [0.25, 0.3) is 5.91 Å². The summed E-state index contributed by atoms with van der Waals surface area (Å²) in [4.78, 5) is 15.5. The van der Waals surface area contributed by atoms with E-state index in [2.05, 4.69) is 16.9 Å².